The van der Waals surface area contributed by atoms with Crippen LogP contribution in [0.25, 0.3) is 33.5 Å². The molecule has 0 saturated carbocycles. The fourth-order valence-corrected chi connectivity index (χ4v) is 7.82. The lowest BCUT2D eigenvalue weighted by atomic mass is 9.92. The molecule has 1 aromatic heterocycles. The summed E-state index contributed by atoms with van der Waals surface area (Å²) in [5.41, 5.74) is 6.89. The van der Waals surface area contributed by atoms with E-state index in [9.17, 15) is 9.59 Å². The summed E-state index contributed by atoms with van der Waals surface area (Å²) in [5, 5.41) is 10.4. The lowest BCUT2D eigenvalue weighted by Gasteiger charge is -2.31. The molecule has 3 aliphatic rings. The molecule has 0 spiro atoms. The fourth-order valence-electron chi connectivity index (χ4n) is 7.15. The standard InChI is InChI=1S/C38H38Cl2FN5O3/c1-49-38-23(18-42-19-25-9-12-34(47)43-25)8-11-33(45-38)30-7-3-6-29(37(30)40)28-5-2-4-27(36(28)39)24-16-22-14-15-46(21-31(22)32(41)17-24)20-26-10-13-35(48)44-26/h2-8,11,16-17,25-26,42H,9-10,12-15,18-21H2,1H3,(H,43,47)(H,44,48)/t25-,26+/m1/s1. The summed E-state index contributed by atoms with van der Waals surface area (Å²) in [6.07, 6.45) is 3.50. The Labute approximate surface area is 295 Å². The van der Waals surface area contributed by atoms with E-state index in [0.717, 1.165) is 71.3 Å². The van der Waals surface area contributed by atoms with E-state index in [4.69, 9.17) is 32.9 Å². The summed E-state index contributed by atoms with van der Waals surface area (Å²) >= 11 is 14.2. The van der Waals surface area contributed by atoms with Crippen LogP contribution in [0.2, 0.25) is 10.0 Å². The van der Waals surface area contributed by atoms with Gasteiger partial charge in [0.1, 0.15) is 5.82 Å². The molecule has 0 bridgehead atoms. The molecule has 3 N–H and O–H groups in total. The Balaban J connectivity index is 1.11. The number of benzene rings is 3. The van der Waals surface area contributed by atoms with Gasteiger partial charge < -0.3 is 20.7 Å². The molecule has 2 saturated heterocycles. The summed E-state index contributed by atoms with van der Waals surface area (Å²) in [6, 6.07) is 19.2. The zero-order valence-corrected chi connectivity index (χ0v) is 28.8. The Morgan fingerprint density at radius 2 is 1.57 bits per heavy atom. The van der Waals surface area contributed by atoms with Crippen molar-refractivity contribution in [2.45, 2.75) is 57.3 Å². The summed E-state index contributed by atoms with van der Waals surface area (Å²) in [5.74, 6) is 0.424. The van der Waals surface area contributed by atoms with Gasteiger partial charge in [0.15, 0.2) is 0 Å². The summed E-state index contributed by atoms with van der Waals surface area (Å²) < 4.78 is 21.3. The van der Waals surface area contributed by atoms with Crippen molar-refractivity contribution in [3.63, 3.8) is 0 Å². The lowest BCUT2D eigenvalue weighted by molar-refractivity contribution is -0.120. The number of nitrogens with one attached hydrogen (secondary N) is 3. The topological polar surface area (TPSA) is 95.6 Å². The van der Waals surface area contributed by atoms with Crippen LogP contribution in [-0.2, 0) is 29.1 Å². The Morgan fingerprint density at radius 3 is 2.27 bits per heavy atom. The van der Waals surface area contributed by atoms with E-state index in [2.05, 4.69) is 20.9 Å². The zero-order valence-electron chi connectivity index (χ0n) is 27.3. The van der Waals surface area contributed by atoms with E-state index < -0.39 is 0 Å². The minimum Gasteiger partial charge on any atom is -0.481 e. The third kappa shape index (κ3) is 7.17. The molecule has 2 amide bonds. The van der Waals surface area contributed by atoms with E-state index in [1.165, 1.54) is 0 Å². The Hall–Kier alpha value is -4.02. The minimum atomic E-state index is -0.252. The smallest absolute Gasteiger partial charge is 0.220 e. The van der Waals surface area contributed by atoms with Crippen LogP contribution < -0.4 is 20.7 Å². The van der Waals surface area contributed by atoms with Crippen LogP contribution >= 0.6 is 23.2 Å². The molecule has 4 aromatic rings. The molecule has 11 heteroatoms. The second-order valence-electron chi connectivity index (χ2n) is 13.0. The van der Waals surface area contributed by atoms with Crippen LogP contribution in [0.15, 0.2) is 60.7 Å². The summed E-state index contributed by atoms with van der Waals surface area (Å²) in [4.78, 5) is 30.1. The number of methoxy groups -OCH3 is 1. The van der Waals surface area contributed by atoms with Gasteiger partial charge in [-0.1, -0.05) is 71.7 Å². The Kier molecular flexibility index (Phi) is 9.87. The first kappa shape index (κ1) is 33.5. The Bertz CT molecular complexity index is 1920. The molecule has 0 aliphatic carbocycles. The van der Waals surface area contributed by atoms with Crippen molar-refractivity contribution < 1.29 is 18.7 Å². The van der Waals surface area contributed by atoms with Gasteiger partial charge in [-0.25, -0.2) is 9.37 Å². The highest BCUT2D eigenvalue weighted by Gasteiger charge is 2.27. The number of nitrogens with zero attached hydrogens (tertiary/aromatic N) is 2. The number of carbonyl (C=O) groups excluding carboxylic acids is 2. The molecule has 254 valence electrons. The molecule has 2 fully saturated rings. The first-order chi connectivity index (χ1) is 23.8. The number of hydrogen-bond donors (Lipinski definition) is 3. The minimum absolute atomic E-state index is 0.0916. The predicted octanol–water partition coefficient (Wildman–Crippen LogP) is 6.54. The van der Waals surface area contributed by atoms with Gasteiger partial charge in [-0.05, 0) is 42.5 Å². The average Bonchev–Trinajstić information content (AvgIpc) is 3.72. The molecule has 4 heterocycles. The highest BCUT2D eigenvalue weighted by atomic mass is 35.5. The fraction of sp³-hybridized carbons (Fsp3) is 0.342. The van der Waals surface area contributed by atoms with Crippen LogP contribution in [0.5, 0.6) is 5.88 Å². The number of hydrogen-bond acceptors (Lipinski definition) is 6. The van der Waals surface area contributed by atoms with Gasteiger partial charge in [0.25, 0.3) is 0 Å². The predicted molar refractivity (Wildman–Crippen MR) is 190 cm³/mol. The highest BCUT2D eigenvalue weighted by Crippen LogP contribution is 2.43. The maximum Gasteiger partial charge on any atom is 0.220 e. The van der Waals surface area contributed by atoms with E-state index in [1.807, 2.05) is 54.6 Å². The van der Waals surface area contributed by atoms with E-state index in [-0.39, 0.29) is 29.7 Å². The zero-order chi connectivity index (χ0) is 34.1. The van der Waals surface area contributed by atoms with Gasteiger partial charge in [-0.2, -0.15) is 0 Å². The van der Waals surface area contributed by atoms with Crippen LogP contribution in [-0.4, -0.2) is 60.5 Å². The third-order valence-corrected chi connectivity index (χ3v) is 10.5. The van der Waals surface area contributed by atoms with E-state index in [1.54, 1.807) is 13.2 Å². The Morgan fingerprint density at radius 1 is 0.898 bits per heavy atom. The highest BCUT2D eigenvalue weighted by molar-refractivity contribution is 6.39. The van der Waals surface area contributed by atoms with Gasteiger partial charge in [-0.3, -0.25) is 14.5 Å². The number of fused-ring (bicyclic) bond motifs is 1. The van der Waals surface area contributed by atoms with Crippen molar-refractivity contribution in [3.8, 4) is 39.4 Å². The van der Waals surface area contributed by atoms with Crippen molar-refractivity contribution in [2.24, 2.45) is 0 Å². The number of amides is 2. The molecule has 8 nitrogen and oxygen atoms in total. The third-order valence-electron chi connectivity index (χ3n) is 9.73. The number of carbonyl (C=O) groups is 2. The summed E-state index contributed by atoms with van der Waals surface area (Å²) in [6.45, 7) is 3.26. The van der Waals surface area contributed by atoms with Gasteiger partial charge in [0.05, 0.1) is 22.8 Å². The van der Waals surface area contributed by atoms with Crippen molar-refractivity contribution in [1.82, 2.24) is 25.8 Å². The maximum atomic E-state index is 15.7. The molecule has 3 aromatic carbocycles. The molecular weight excluding hydrogens is 664 g/mol. The number of ether oxygens (including phenoxy) is 1. The van der Waals surface area contributed by atoms with Gasteiger partial charge in [0.2, 0.25) is 17.7 Å². The molecule has 0 radical (unpaired) electrons. The molecule has 7 rings (SSSR count). The van der Waals surface area contributed by atoms with Gasteiger partial charge >= 0.3 is 0 Å². The summed E-state index contributed by atoms with van der Waals surface area (Å²) in [7, 11) is 1.59. The molecule has 0 unspecified atom stereocenters. The lowest BCUT2D eigenvalue weighted by Crippen LogP contribution is -2.41. The van der Waals surface area contributed by atoms with E-state index in [0.29, 0.717) is 59.7 Å². The van der Waals surface area contributed by atoms with Crippen LogP contribution in [0.4, 0.5) is 4.39 Å². The molecular formula is C38H38Cl2FN5O3. The number of rotatable bonds is 10. The van der Waals surface area contributed by atoms with Crippen LogP contribution in [0.1, 0.15) is 42.4 Å². The van der Waals surface area contributed by atoms with Crippen molar-refractivity contribution in [1.29, 1.82) is 0 Å². The monoisotopic (exact) mass is 701 g/mol. The molecule has 2 atom stereocenters. The number of halogens is 3. The number of pyridine rings is 1. The van der Waals surface area contributed by atoms with Crippen molar-refractivity contribution in [2.75, 3.05) is 26.7 Å². The van der Waals surface area contributed by atoms with Crippen molar-refractivity contribution >= 4 is 35.0 Å². The first-order valence-corrected chi connectivity index (χ1v) is 17.5. The van der Waals surface area contributed by atoms with Crippen LogP contribution in [0.3, 0.4) is 0 Å². The number of aromatic nitrogens is 1. The normalized spacial score (nSPS) is 19.1. The SMILES string of the molecule is COc1nc(-c2cccc(-c3cccc(-c4cc(F)c5c(c4)CCN(C[C@@H]4CCC(=O)N4)C5)c3Cl)c2Cl)ccc1CNC[C@H]1CCC(=O)N1. The van der Waals surface area contributed by atoms with E-state index >= 15 is 4.39 Å². The largest absolute Gasteiger partial charge is 0.481 e. The van der Waals surface area contributed by atoms with Crippen LogP contribution in [0, 0.1) is 5.82 Å². The second kappa shape index (κ2) is 14.5. The van der Waals surface area contributed by atoms with Crippen molar-refractivity contribution in [3.05, 3.63) is 93.2 Å². The maximum absolute atomic E-state index is 15.7. The molecule has 49 heavy (non-hydrogen) atoms. The quantitative estimate of drug-likeness (QED) is 0.174. The average molecular weight is 703 g/mol. The second-order valence-corrected chi connectivity index (χ2v) is 13.8. The first-order valence-electron chi connectivity index (χ1n) is 16.7. The molecule has 3 aliphatic heterocycles. The van der Waals surface area contributed by atoms with Gasteiger partial charge in [-0.15, -0.1) is 0 Å². The van der Waals surface area contributed by atoms with Gasteiger partial charge in [0, 0.05) is 91.0 Å².